The molecule has 4 aromatic carbocycles. The Morgan fingerprint density at radius 3 is 2.25 bits per heavy atom. The number of carbonyl (C=O) groups is 3. The van der Waals surface area contributed by atoms with E-state index in [2.05, 4.69) is 27.8 Å². The molecule has 2 N–H and O–H groups in total. The second-order valence-corrected chi connectivity index (χ2v) is 13.3. The molecule has 0 saturated heterocycles. The molecular weight excluding hydrogens is 587 g/mol. The summed E-state index contributed by atoms with van der Waals surface area (Å²) < 4.78 is 1.71. The molecule has 44 heavy (non-hydrogen) atoms. The number of nitrogens with one attached hydrogen (secondary N) is 2. The summed E-state index contributed by atoms with van der Waals surface area (Å²) in [6.07, 6.45) is 6.40. The topological polar surface area (TPSA) is 88.2 Å². The average Bonchev–Trinajstić information content (AvgIpc) is 3.49. The molecule has 1 aliphatic carbocycles. The molecule has 0 atom stereocenters. The van der Waals surface area contributed by atoms with Crippen LogP contribution in [0.3, 0.4) is 0 Å². The van der Waals surface area contributed by atoms with Crippen molar-refractivity contribution in [2.45, 2.75) is 48.9 Å². The first-order valence-corrected chi connectivity index (χ1v) is 16.7. The Hall–Kier alpha value is -4.27. The number of amides is 2. The summed E-state index contributed by atoms with van der Waals surface area (Å²) in [4.78, 5) is 43.7. The lowest BCUT2D eigenvalue weighted by Gasteiger charge is -2.22. The molecule has 0 radical (unpaired) electrons. The number of rotatable bonds is 10. The third-order valence-electron chi connectivity index (χ3n) is 7.97. The minimum absolute atomic E-state index is 0.0869. The summed E-state index contributed by atoms with van der Waals surface area (Å²) >= 11 is 2.92. The van der Waals surface area contributed by atoms with Gasteiger partial charge in [-0.3, -0.25) is 14.4 Å². The van der Waals surface area contributed by atoms with Crippen LogP contribution in [-0.4, -0.2) is 28.3 Å². The quantitative estimate of drug-likeness (QED) is 0.121. The van der Waals surface area contributed by atoms with Crippen molar-refractivity contribution in [3.05, 3.63) is 125 Å². The summed E-state index contributed by atoms with van der Waals surface area (Å²) in [6.45, 7) is 0.371. The van der Waals surface area contributed by atoms with Crippen molar-refractivity contribution in [1.29, 1.82) is 0 Å². The number of carbonyl (C=O) groups excluding carboxylic acids is 3. The fraction of sp³-hybridized carbons (Fsp3) is 0.222. The van der Waals surface area contributed by atoms with E-state index in [9.17, 15) is 14.4 Å². The van der Waals surface area contributed by atoms with Gasteiger partial charge in [-0.2, -0.15) is 0 Å². The number of nitrogens with zero attached hydrogens (tertiary/aromatic N) is 1. The molecule has 2 amide bonds. The van der Waals surface area contributed by atoms with Crippen molar-refractivity contribution in [2.75, 3.05) is 11.1 Å². The van der Waals surface area contributed by atoms with Crippen LogP contribution in [0.15, 0.2) is 101 Å². The number of ketones is 1. The zero-order chi connectivity index (χ0) is 30.3. The Bertz CT molecular complexity index is 1780. The van der Waals surface area contributed by atoms with E-state index >= 15 is 0 Å². The Morgan fingerprint density at radius 1 is 0.795 bits per heavy atom. The maximum Gasteiger partial charge on any atom is 0.256 e. The van der Waals surface area contributed by atoms with Gasteiger partial charge >= 0.3 is 0 Å². The Kier molecular flexibility index (Phi) is 9.48. The molecule has 1 fully saturated rings. The van der Waals surface area contributed by atoms with Crippen molar-refractivity contribution in [3.63, 3.8) is 0 Å². The van der Waals surface area contributed by atoms with E-state index in [0.717, 1.165) is 25.7 Å². The lowest BCUT2D eigenvalue weighted by Crippen LogP contribution is -2.26. The Labute approximate surface area is 265 Å². The van der Waals surface area contributed by atoms with Gasteiger partial charge in [-0.1, -0.05) is 97.8 Å². The van der Waals surface area contributed by atoms with Crippen LogP contribution in [0.5, 0.6) is 0 Å². The van der Waals surface area contributed by atoms with Crippen LogP contribution >= 0.6 is 23.1 Å². The molecular formula is C36H33N3O3S2. The molecule has 5 aromatic rings. The van der Waals surface area contributed by atoms with Crippen molar-refractivity contribution in [2.24, 2.45) is 0 Å². The third kappa shape index (κ3) is 7.26. The number of thioether (sulfide) groups is 1. The third-order valence-corrected chi connectivity index (χ3v) is 10.1. The summed E-state index contributed by atoms with van der Waals surface area (Å²) in [7, 11) is 0. The molecule has 8 heteroatoms. The van der Waals surface area contributed by atoms with Gasteiger partial charge in [-0.05, 0) is 60.2 Å². The highest BCUT2D eigenvalue weighted by molar-refractivity contribution is 8.01. The van der Waals surface area contributed by atoms with Crippen molar-refractivity contribution >= 4 is 56.6 Å². The number of aromatic nitrogens is 1. The molecule has 1 heterocycles. The first kappa shape index (κ1) is 29.8. The SMILES string of the molecule is O=C(CSc1nc2ccc(NC(=O)c3ccccc3C(=O)NCc3ccccc3)cc2s1)c1ccc(C2CCCCC2)cc1. The molecule has 0 bridgehead atoms. The molecule has 1 aliphatic rings. The predicted octanol–water partition coefficient (Wildman–Crippen LogP) is 8.50. The summed E-state index contributed by atoms with van der Waals surface area (Å²) in [5.41, 5.74) is 5.08. The van der Waals surface area contributed by atoms with Gasteiger partial charge in [-0.25, -0.2) is 4.98 Å². The molecule has 1 aromatic heterocycles. The number of anilines is 1. The number of benzene rings is 4. The zero-order valence-electron chi connectivity index (χ0n) is 24.3. The van der Waals surface area contributed by atoms with Crippen molar-refractivity contribution in [3.8, 4) is 0 Å². The van der Waals surface area contributed by atoms with Gasteiger partial charge in [0, 0.05) is 17.8 Å². The van der Waals surface area contributed by atoms with Crippen LogP contribution in [-0.2, 0) is 6.54 Å². The minimum Gasteiger partial charge on any atom is -0.348 e. The average molecular weight is 620 g/mol. The normalized spacial score (nSPS) is 13.5. The van der Waals surface area contributed by atoms with E-state index in [1.165, 1.54) is 60.8 Å². The molecule has 0 spiro atoms. The highest BCUT2D eigenvalue weighted by Gasteiger charge is 2.18. The number of fused-ring (bicyclic) bond motifs is 1. The van der Waals surface area contributed by atoms with Crippen LogP contribution in [0.4, 0.5) is 5.69 Å². The fourth-order valence-electron chi connectivity index (χ4n) is 5.58. The lowest BCUT2D eigenvalue weighted by atomic mass is 9.84. The summed E-state index contributed by atoms with van der Waals surface area (Å²) in [5.74, 6) is 0.348. The van der Waals surface area contributed by atoms with E-state index < -0.39 is 0 Å². The largest absolute Gasteiger partial charge is 0.348 e. The number of Topliss-reactive ketones (excluding diaryl/α,β-unsaturated/α-hetero) is 1. The van der Waals surface area contributed by atoms with Crippen molar-refractivity contribution in [1.82, 2.24) is 10.3 Å². The number of thiazole rings is 1. The Morgan fingerprint density at radius 2 is 1.50 bits per heavy atom. The van der Waals surface area contributed by atoms with Gasteiger partial charge in [-0.15, -0.1) is 11.3 Å². The predicted molar refractivity (Wildman–Crippen MR) is 179 cm³/mol. The van der Waals surface area contributed by atoms with Crippen LogP contribution in [0.2, 0.25) is 0 Å². The number of hydrogen-bond acceptors (Lipinski definition) is 6. The molecule has 222 valence electrons. The van der Waals surface area contributed by atoms with Gasteiger partial charge in [0.05, 0.1) is 27.1 Å². The van der Waals surface area contributed by atoms with Crippen LogP contribution in [0.25, 0.3) is 10.2 Å². The smallest absolute Gasteiger partial charge is 0.256 e. The van der Waals surface area contributed by atoms with Crippen LogP contribution in [0, 0.1) is 0 Å². The fourth-order valence-corrected chi connectivity index (χ4v) is 7.58. The highest BCUT2D eigenvalue weighted by Crippen LogP contribution is 2.34. The maximum atomic E-state index is 13.2. The molecule has 1 saturated carbocycles. The van der Waals surface area contributed by atoms with E-state index in [4.69, 9.17) is 0 Å². The number of hydrogen-bond donors (Lipinski definition) is 2. The second kappa shape index (κ2) is 14.0. The van der Waals surface area contributed by atoms with Gasteiger partial charge < -0.3 is 10.6 Å². The molecule has 0 unspecified atom stereocenters. The van der Waals surface area contributed by atoms with E-state index in [1.807, 2.05) is 54.6 Å². The van der Waals surface area contributed by atoms with Gasteiger partial charge in [0.25, 0.3) is 11.8 Å². The minimum atomic E-state index is -0.367. The standard InChI is InChI=1S/C36H33N3O3S2/c40-32(27-17-15-26(16-18-27)25-11-5-2-6-12-25)23-43-36-39-31-20-19-28(21-33(31)44-36)38-35(42)30-14-8-7-13-29(30)34(41)37-22-24-9-3-1-4-10-24/h1,3-4,7-10,13-21,25H,2,5-6,11-12,22-23H2,(H,37,41)(H,38,42). The molecule has 6 rings (SSSR count). The first-order valence-electron chi connectivity index (χ1n) is 14.9. The maximum absolute atomic E-state index is 13.2. The highest BCUT2D eigenvalue weighted by atomic mass is 32.2. The summed E-state index contributed by atoms with van der Waals surface area (Å²) in [5, 5.41) is 5.82. The van der Waals surface area contributed by atoms with Crippen LogP contribution in [0.1, 0.15) is 80.2 Å². The van der Waals surface area contributed by atoms with Gasteiger partial charge in [0.15, 0.2) is 10.1 Å². The second-order valence-electron chi connectivity index (χ2n) is 11.0. The lowest BCUT2D eigenvalue weighted by molar-refractivity contribution is 0.0937. The first-order chi connectivity index (χ1) is 21.5. The van der Waals surface area contributed by atoms with E-state index in [0.29, 0.717) is 35.0 Å². The zero-order valence-corrected chi connectivity index (χ0v) is 25.9. The van der Waals surface area contributed by atoms with Crippen LogP contribution < -0.4 is 10.6 Å². The Balaban J connectivity index is 1.07. The summed E-state index contributed by atoms with van der Waals surface area (Å²) in [6, 6.07) is 30.1. The van der Waals surface area contributed by atoms with E-state index in [1.54, 1.807) is 30.3 Å². The van der Waals surface area contributed by atoms with E-state index in [-0.39, 0.29) is 17.6 Å². The molecule has 6 nitrogen and oxygen atoms in total. The monoisotopic (exact) mass is 619 g/mol. The van der Waals surface area contributed by atoms with Gasteiger partial charge in [0.1, 0.15) is 0 Å². The molecule has 0 aliphatic heterocycles. The van der Waals surface area contributed by atoms with Gasteiger partial charge in [0.2, 0.25) is 0 Å². The van der Waals surface area contributed by atoms with Crippen molar-refractivity contribution < 1.29 is 14.4 Å².